The molecule has 2 heterocycles. The molecule has 7 heteroatoms. The summed E-state index contributed by atoms with van der Waals surface area (Å²) in [4.78, 5) is 14.9. The van der Waals surface area contributed by atoms with Crippen molar-refractivity contribution in [1.82, 2.24) is 19.9 Å². The molecular formula is C13H23N5O2. The summed E-state index contributed by atoms with van der Waals surface area (Å²) in [6, 6.07) is 0.622. The van der Waals surface area contributed by atoms with Crippen LogP contribution >= 0.6 is 0 Å². The Morgan fingerprint density at radius 1 is 1.15 bits per heavy atom. The fourth-order valence-corrected chi connectivity index (χ4v) is 2.02. The van der Waals surface area contributed by atoms with E-state index in [0.717, 1.165) is 25.9 Å². The van der Waals surface area contributed by atoms with Crippen LogP contribution in [0.4, 0.5) is 5.95 Å². The molecule has 20 heavy (non-hydrogen) atoms. The number of nitrogens with one attached hydrogen (secondary N) is 1. The van der Waals surface area contributed by atoms with Crippen LogP contribution in [0.2, 0.25) is 0 Å². The van der Waals surface area contributed by atoms with Crippen LogP contribution in [0.3, 0.4) is 0 Å². The maximum atomic E-state index is 5.86. The Hall–Kier alpha value is -1.63. The van der Waals surface area contributed by atoms with Crippen molar-refractivity contribution < 1.29 is 9.47 Å². The van der Waals surface area contributed by atoms with Crippen LogP contribution in [0, 0.1) is 0 Å². The molecule has 1 aliphatic rings. The van der Waals surface area contributed by atoms with E-state index in [2.05, 4.69) is 32.2 Å². The van der Waals surface area contributed by atoms with Gasteiger partial charge < -0.3 is 19.7 Å². The van der Waals surface area contributed by atoms with Crippen molar-refractivity contribution in [3.63, 3.8) is 0 Å². The van der Waals surface area contributed by atoms with Crippen LogP contribution in [0.25, 0.3) is 0 Å². The lowest BCUT2D eigenvalue weighted by molar-refractivity contribution is 0.103. The summed E-state index contributed by atoms with van der Waals surface area (Å²) in [6.07, 6.45) is 2.14. The zero-order valence-electron chi connectivity index (χ0n) is 12.6. The fourth-order valence-electron chi connectivity index (χ4n) is 2.02. The molecule has 0 aromatic carbocycles. The topological polar surface area (TPSA) is 72.4 Å². The molecule has 1 fully saturated rings. The minimum absolute atomic E-state index is 0.0123. The van der Waals surface area contributed by atoms with Crippen LogP contribution in [0.15, 0.2) is 0 Å². The van der Waals surface area contributed by atoms with E-state index >= 15 is 0 Å². The third kappa shape index (κ3) is 4.19. The van der Waals surface area contributed by atoms with Gasteiger partial charge in [-0.2, -0.15) is 9.97 Å². The highest BCUT2D eigenvalue weighted by atomic mass is 16.5. The number of hydrogen-bond acceptors (Lipinski definition) is 7. The molecule has 0 saturated carbocycles. The normalized spacial score (nSPS) is 17.2. The van der Waals surface area contributed by atoms with Gasteiger partial charge in [0.25, 0.3) is 0 Å². The lowest BCUT2D eigenvalue weighted by Gasteiger charge is -2.28. The van der Waals surface area contributed by atoms with Gasteiger partial charge in [0, 0.05) is 20.1 Å². The molecule has 1 saturated heterocycles. The molecule has 0 radical (unpaired) electrons. The highest BCUT2D eigenvalue weighted by Gasteiger charge is 2.20. The predicted molar refractivity (Wildman–Crippen MR) is 76.3 cm³/mol. The van der Waals surface area contributed by atoms with E-state index in [9.17, 15) is 0 Å². The lowest BCUT2D eigenvalue weighted by Crippen LogP contribution is -2.36. The van der Waals surface area contributed by atoms with Crippen molar-refractivity contribution in [2.75, 3.05) is 32.5 Å². The summed E-state index contributed by atoms with van der Waals surface area (Å²) < 4.78 is 11.4. The number of likely N-dealkylation sites (tertiary alicyclic amines) is 1. The predicted octanol–water partition coefficient (Wildman–Crippen LogP) is 1.17. The SMILES string of the molecule is CNc1nc(OC(C)C)nc(OC2CCN(C)CC2)n1. The van der Waals surface area contributed by atoms with Crippen LogP contribution in [-0.2, 0) is 0 Å². The van der Waals surface area contributed by atoms with Crippen molar-refractivity contribution in [2.24, 2.45) is 0 Å². The maximum absolute atomic E-state index is 5.86. The molecular weight excluding hydrogens is 258 g/mol. The number of nitrogens with zero attached hydrogens (tertiary/aromatic N) is 4. The fraction of sp³-hybridized carbons (Fsp3) is 0.769. The summed E-state index contributed by atoms with van der Waals surface area (Å²) in [7, 11) is 3.88. The Bertz CT molecular complexity index is 433. The Morgan fingerprint density at radius 2 is 1.80 bits per heavy atom. The maximum Gasteiger partial charge on any atom is 0.324 e. The van der Waals surface area contributed by atoms with Gasteiger partial charge >= 0.3 is 12.0 Å². The molecule has 1 aromatic heterocycles. The van der Waals surface area contributed by atoms with Gasteiger partial charge in [-0.25, -0.2) is 0 Å². The first kappa shape index (κ1) is 14.8. The van der Waals surface area contributed by atoms with Gasteiger partial charge in [-0.3, -0.25) is 0 Å². The second-order valence-electron chi connectivity index (χ2n) is 5.26. The molecule has 2 rings (SSSR count). The molecule has 7 nitrogen and oxygen atoms in total. The molecule has 0 atom stereocenters. The van der Waals surface area contributed by atoms with Gasteiger partial charge in [0.2, 0.25) is 5.95 Å². The van der Waals surface area contributed by atoms with Crippen LogP contribution in [0.1, 0.15) is 26.7 Å². The van der Waals surface area contributed by atoms with Crippen molar-refractivity contribution in [1.29, 1.82) is 0 Å². The number of anilines is 1. The molecule has 1 aromatic rings. The number of hydrogen-bond donors (Lipinski definition) is 1. The molecule has 0 bridgehead atoms. The van der Waals surface area contributed by atoms with E-state index in [1.165, 1.54) is 0 Å². The Labute approximate surface area is 119 Å². The Morgan fingerprint density at radius 3 is 2.40 bits per heavy atom. The highest BCUT2D eigenvalue weighted by Crippen LogP contribution is 2.18. The molecule has 1 N–H and O–H groups in total. The molecule has 1 aliphatic heterocycles. The highest BCUT2D eigenvalue weighted by molar-refractivity contribution is 5.26. The van der Waals surface area contributed by atoms with Crippen molar-refractivity contribution >= 4 is 5.95 Å². The standard InChI is InChI=1S/C13H23N5O2/c1-9(2)19-12-15-11(14-3)16-13(17-12)20-10-5-7-18(4)8-6-10/h9-10H,5-8H2,1-4H3,(H,14,15,16,17). The molecule has 0 amide bonds. The smallest absolute Gasteiger partial charge is 0.324 e. The van der Waals surface area contributed by atoms with E-state index < -0.39 is 0 Å². The van der Waals surface area contributed by atoms with E-state index in [-0.39, 0.29) is 12.2 Å². The first-order valence-corrected chi connectivity index (χ1v) is 7.02. The monoisotopic (exact) mass is 281 g/mol. The van der Waals surface area contributed by atoms with Crippen molar-refractivity contribution in [3.05, 3.63) is 0 Å². The first-order chi connectivity index (χ1) is 9.56. The number of aromatic nitrogens is 3. The average Bonchev–Trinajstić information content (AvgIpc) is 2.40. The Balaban J connectivity index is 2.06. The summed E-state index contributed by atoms with van der Waals surface area (Å²) in [5, 5.41) is 2.89. The van der Waals surface area contributed by atoms with E-state index in [1.54, 1.807) is 7.05 Å². The van der Waals surface area contributed by atoms with Crippen LogP contribution in [0.5, 0.6) is 12.0 Å². The quantitative estimate of drug-likeness (QED) is 0.868. The second kappa shape index (κ2) is 6.69. The third-order valence-corrected chi connectivity index (χ3v) is 3.10. The number of ether oxygens (including phenoxy) is 2. The molecule has 0 unspecified atom stereocenters. The minimum atomic E-state index is 0.0123. The Kier molecular flexibility index (Phi) is 4.94. The summed E-state index contributed by atoms with van der Waals surface area (Å²) in [5.41, 5.74) is 0. The average molecular weight is 281 g/mol. The van der Waals surface area contributed by atoms with Gasteiger partial charge in [0.1, 0.15) is 6.10 Å². The van der Waals surface area contributed by atoms with Gasteiger partial charge in [-0.1, -0.05) is 0 Å². The number of piperidine rings is 1. The lowest BCUT2D eigenvalue weighted by atomic mass is 10.1. The van der Waals surface area contributed by atoms with Gasteiger partial charge in [0.05, 0.1) is 6.10 Å². The molecule has 0 spiro atoms. The van der Waals surface area contributed by atoms with Gasteiger partial charge in [-0.15, -0.1) is 4.98 Å². The van der Waals surface area contributed by atoms with Gasteiger partial charge in [-0.05, 0) is 33.7 Å². The summed E-state index contributed by atoms with van der Waals surface area (Å²) >= 11 is 0. The van der Waals surface area contributed by atoms with Gasteiger partial charge in [0.15, 0.2) is 0 Å². The van der Waals surface area contributed by atoms with E-state index in [0.29, 0.717) is 18.0 Å². The zero-order chi connectivity index (χ0) is 14.5. The summed E-state index contributed by atoms with van der Waals surface area (Å²) in [6.45, 7) is 5.93. The minimum Gasteiger partial charge on any atom is -0.461 e. The first-order valence-electron chi connectivity index (χ1n) is 7.02. The van der Waals surface area contributed by atoms with Crippen molar-refractivity contribution in [2.45, 2.75) is 38.9 Å². The number of rotatable bonds is 5. The van der Waals surface area contributed by atoms with E-state index in [4.69, 9.17) is 9.47 Å². The molecule has 0 aliphatic carbocycles. The zero-order valence-corrected chi connectivity index (χ0v) is 12.6. The van der Waals surface area contributed by atoms with Crippen LogP contribution < -0.4 is 14.8 Å². The van der Waals surface area contributed by atoms with Crippen LogP contribution in [-0.4, -0.2) is 59.2 Å². The third-order valence-electron chi connectivity index (χ3n) is 3.10. The molecule has 112 valence electrons. The second-order valence-corrected chi connectivity index (χ2v) is 5.26. The van der Waals surface area contributed by atoms with Crippen molar-refractivity contribution in [3.8, 4) is 12.0 Å². The summed E-state index contributed by atoms with van der Waals surface area (Å²) in [5.74, 6) is 0.457. The largest absolute Gasteiger partial charge is 0.461 e. The van der Waals surface area contributed by atoms with E-state index in [1.807, 2.05) is 13.8 Å².